The van der Waals surface area contributed by atoms with Gasteiger partial charge in [0.1, 0.15) is 5.75 Å². The third kappa shape index (κ3) is 4.15. The molecule has 0 aromatic heterocycles. The van der Waals surface area contributed by atoms with Crippen molar-refractivity contribution in [1.82, 2.24) is 5.32 Å². The number of nitrogens with zero attached hydrogens (tertiary/aromatic N) is 1. The van der Waals surface area contributed by atoms with Crippen molar-refractivity contribution in [2.24, 2.45) is 0 Å². The molecule has 0 spiro atoms. The number of hydrogen-bond acceptors (Lipinski definition) is 3. The van der Waals surface area contributed by atoms with Crippen LogP contribution in [-0.2, 0) is 13.0 Å². The average molecular weight is 349 g/mol. The molecule has 7 heteroatoms. The van der Waals surface area contributed by atoms with Crippen molar-refractivity contribution < 1.29 is 19.0 Å². The molecule has 0 aliphatic rings. The third-order valence-electron chi connectivity index (χ3n) is 3.29. The Kier molecular flexibility index (Phi) is 5.61. The SMILES string of the molecule is CCc1ccc(CNC(=O)O)c(F)c1Oc1cc(Cl)cc(C#N)c1. The van der Waals surface area contributed by atoms with Crippen molar-refractivity contribution >= 4 is 17.7 Å². The molecule has 0 unspecified atom stereocenters. The zero-order valence-electron chi connectivity index (χ0n) is 12.8. The number of halogens is 2. The van der Waals surface area contributed by atoms with Crippen LogP contribution in [0.2, 0.25) is 5.02 Å². The molecule has 5 nitrogen and oxygen atoms in total. The number of amides is 1. The van der Waals surface area contributed by atoms with Crippen molar-refractivity contribution in [2.75, 3.05) is 0 Å². The van der Waals surface area contributed by atoms with Crippen molar-refractivity contribution in [3.8, 4) is 17.6 Å². The van der Waals surface area contributed by atoms with Gasteiger partial charge in [-0.3, -0.25) is 0 Å². The molecule has 124 valence electrons. The lowest BCUT2D eigenvalue weighted by Crippen LogP contribution is -2.20. The van der Waals surface area contributed by atoms with Gasteiger partial charge in [0.15, 0.2) is 11.6 Å². The number of carboxylic acid groups (broad SMARTS) is 1. The topological polar surface area (TPSA) is 82.3 Å². The Bertz CT molecular complexity index is 818. The van der Waals surface area contributed by atoms with E-state index in [9.17, 15) is 9.18 Å². The summed E-state index contributed by atoms with van der Waals surface area (Å²) in [6.45, 7) is 1.66. The number of carbonyl (C=O) groups is 1. The Balaban J connectivity index is 2.41. The van der Waals surface area contributed by atoms with Gasteiger partial charge in [-0.15, -0.1) is 0 Å². The third-order valence-corrected chi connectivity index (χ3v) is 3.51. The molecule has 0 atom stereocenters. The highest BCUT2D eigenvalue weighted by Crippen LogP contribution is 2.32. The van der Waals surface area contributed by atoms with Crippen molar-refractivity contribution in [2.45, 2.75) is 19.9 Å². The van der Waals surface area contributed by atoms with Gasteiger partial charge in [-0.1, -0.05) is 30.7 Å². The molecule has 2 N–H and O–H groups in total. The molecule has 0 saturated carbocycles. The first-order valence-electron chi connectivity index (χ1n) is 7.10. The fourth-order valence-corrected chi connectivity index (χ4v) is 2.36. The maximum Gasteiger partial charge on any atom is 0.404 e. The minimum atomic E-state index is -1.25. The lowest BCUT2D eigenvalue weighted by Gasteiger charge is -2.14. The lowest BCUT2D eigenvalue weighted by molar-refractivity contribution is 0.194. The van der Waals surface area contributed by atoms with Crippen LogP contribution in [-0.4, -0.2) is 11.2 Å². The fourth-order valence-electron chi connectivity index (χ4n) is 2.14. The number of nitriles is 1. The summed E-state index contributed by atoms with van der Waals surface area (Å²) in [5.74, 6) is -0.425. The summed E-state index contributed by atoms with van der Waals surface area (Å²) in [4.78, 5) is 10.6. The van der Waals surface area contributed by atoms with Crippen LogP contribution in [0.4, 0.5) is 9.18 Å². The Hall–Kier alpha value is -2.78. The summed E-state index contributed by atoms with van der Waals surface area (Å²) < 4.78 is 20.3. The molecule has 0 saturated heterocycles. The largest absolute Gasteiger partial charge is 0.465 e. The van der Waals surface area contributed by atoms with Crippen LogP contribution in [0, 0.1) is 17.1 Å². The number of aryl methyl sites for hydroxylation is 1. The molecule has 24 heavy (non-hydrogen) atoms. The van der Waals surface area contributed by atoms with Gasteiger partial charge in [0, 0.05) is 17.1 Å². The Morgan fingerprint density at radius 1 is 1.38 bits per heavy atom. The molecule has 0 radical (unpaired) electrons. The Labute approximate surface area is 143 Å². The molecular formula is C17H14ClFN2O3. The van der Waals surface area contributed by atoms with Gasteiger partial charge in [-0.2, -0.15) is 5.26 Å². The molecule has 0 heterocycles. The van der Waals surface area contributed by atoms with Gasteiger partial charge >= 0.3 is 6.09 Å². The fraction of sp³-hybridized carbons (Fsp3) is 0.176. The first-order chi connectivity index (χ1) is 11.4. The zero-order valence-corrected chi connectivity index (χ0v) is 13.5. The molecule has 2 aromatic carbocycles. The summed E-state index contributed by atoms with van der Waals surface area (Å²) in [7, 11) is 0. The Morgan fingerprint density at radius 3 is 2.71 bits per heavy atom. The average Bonchev–Trinajstić information content (AvgIpc) is 2.54. The van der Waals surface area contributed by atoms with Gasteiger partial charge in [0.05, 0.1) is 11.6 Å². The summed E-state index contributed by atoms with van der Waals surface area (Å²) >= 11 is 5.92. The zero-order chi connectivity index (χ0) is 17.7. The monoisotopic (exact) mass is 348 g/mol. The van der Waals surface area contributed by atoms with E-state index >= 15 is 0 Å². The number of rotatable bonds is 5. The quantitative estimate of drug-likeness (QED) is 0.835. The standard InChI is InChI=1S/C17H14ClFN2O3/c1-2-11-3-4-12(9-21-17(22)23)15(19)16(11)24-14-6-10(8-20)5-13(18)7-14/h3-7,21H,2,9H2,1H3,(H,22,23). The molecule has 1 amide bonds. The number of benzene rings is 2. The van der Waals surface area contributed by atoms with Crippen LogP contribution >= 0.6 is 11.6 Å². The molecule has 2 rings (SSSR count). The lowest BCUT2D eigenvalue weighted by atomic mass is 10.1. The second-order valence-electron chi connectivity index (χ2n) is 4.93. The summed E-state index contributed by atoms with van der Waals surface area (Å²) in [5, 5.41) is 20.0. The summed E-state index contributed by atoms with van der Waals surface area (Å²) in [6, 6.07) is 9.53. The van der Waals surface area contributed by atoms with Crippen LogP contribution in [0.15, 0.2) is 30.3 Å². The van der Waals surface area contributed by atoms with E-state index in [4.69, 9.17) is 26.7 Å². The van der Waals surface area contributed by atoms with Crippen LogP contribution < -0.4 is 10.1 Å². The van der Waals surface area contributed by atoms with Crippen LogP contribution in [0.5, 0.6) is 11.5 Å². The van der Waals surface area contributed by atoms with Crippen molar-refractivity contribution in [3.05, 3.63) is 57.9 Å². The van der Waals surface area contributed by atoms with Crippen molar-refractivity contribution in [3.63, 3.8) is 0 Å². The maximum absolute atomic E-state index is 14.7. The predicted octanol–water partition coefficient (Wildman–Crippen LogP) is 4.47. The smallest absolute Gasteiger partial charge is 0.404 e. The predicted molar refractivity (Wildman–Crippen MR) is 86.9 cm³/mol. The first kappa shape index (κ1) is 17.6. The Morgan fingerprint density at radius 2 is 2.08 bits per heavy atom. The highest BCUT2D eigenvalue weighted by Gasteiger charge is 2.16. The second-order valence-corrected chi connectivity index (χ2v) is 5.37. The number of nitrogens with one attached hydrogen (secondary N) is 1. The molecular weight excluding hydrogens is 335 g/mol. The first-order valence-corrected chi connectivity index (χ1v) is 7.48. The van der Waals surface area contributed by atoms with Crippen LogP contribution in [0.1, 0.15) is 23.6 Å². The molecule has 0 aliphatic carbocycles. The molecule has 2 aromatic rings. The molecule has 0 bridgehead atoms. The van der Waals surface area contributed by atoms with Gasteiger partial charge in [-0.25, -0.2) is 9.18 Å². The van der Waals surface area contributed by atoms with E-state index in [1.807, 2.05) is 13.0 Å². The normalized spacial score (nSPS) is 10.1. The highest BCUT2D eigenvalue weighted by atomic mass is 35.5. The number of ether oxygens (including phenoxy) is 1. The van der Waals surface area contributed by atoms with E-state index < -0.39 is 11.9 Å². The molecule has 0 fully saturated rings. The molecule has 0 aliphatic heterocycles. The van der Waals surface area contributed by atoms with Crippen molar-refractivity contribution in [1.29, 1.82) is 5.26 Å². The minimum absolute atomic E-state index is 0.00616. The van der Waals surface area contributed by atoms with Gasteiger partial charge < -0.3 is 15.2 Å². The van der Waals surface area contributed by atoms with E-state index in [1.54, 1.807) is 6.07 Å². The van der Waals surface area contributed by atoms with Crippen LogP contribution in [0.25, 0.3) is 0 Å². The van der Waals surface area contributed by atoms with E-state index in [0.29, 0.717) is 22.6 Å². The highest BCUT2D eigenvalue weighted by molar-refractivity contribution is 6.30. The van der Waals surface area contributed by atoms with E-state index in [0.717, 1.165) is 0 Å². The number of hydrogen-bond donors (Lipinski definition) is 2. The summed E-state index contributed by atoms with van der Waals surface area (Å²) in [5.41, 5.74) is 1.07. The minimum Gasteiger partial charge on any atom is -0.465 e. The maximum atomic E-state index is 14.7. The summed E-state index contributed by atoms with van der Waals surface area (Å²) in [6.07, 6.45) is -0.727. The van der Waals surface area contributed by atoms with Crippen LogP contribution in [0.3, 0.4) is 0 Å². The van der Waals surface area contributed by atoms with Gasteiger partial charge in [0.25, 0.3) is 0 Å². The van der Waals surface area contributed by atoms with E-state index in [-0.39, 0.29) is 23.6 Å². The van der Waals surface area contributed by atoms with Gasteiger partial charge in [-0.05, 0) is 30.2 Å². The second kappa shape index (κ2) is 7.66. The van der Waals surface area contributed by atoms with E-state index in [2.05, 4.69) is 5.32 Å². The van der Waals surface area contributed by atoms with E-state index in [1.165, 1.54) is 24.3 Å². The van der Waals surface area contributed by atoms with Gasteiger partial charge in [0.2, 0.25) is 0 Å².